The zero-order valence-corrected chi connectivity index (χ0v) is 18.9. The van der Waals surface area contributed by atoms with Crippen molar-refractivity contribution in [3.63, 3.8) is 0 Å². The molecule has 0 saturated heterocycles. The lowest BCUT2D eigenvalue weighted by Gasteiger charge is -2.16. The van der Waals surface area contributed by atoms with Gasteiger partial charge in [0.15, 0.2) is 0 Å². The van der Waals surface area contributed by atoms with Crippen molar-refractivity contribution in [3.8, 4) is 0 Å². The Labute approximate surface area is 201 Å². The third-order valence-electron chi connectivity index (χ3n) is 4.41. The molecule has 3 aromatic rings. The Bertz CT molecular complexity index is 1270. The van der Waals surface area contributed by atoms with Crippen LogP contribution >= 0.6 is 34.8 Å². The van der Waals surface area contributed by atoms with Gasteiger partial charge >= 0.3 is 11.7 Å². The van der Waals surface area contributed by atoms with Crippen LogP contribution in [0, 0.1) is 0 Å². The minimum Gasteiger partial charge on any atom is -0.480 e. The molecule has 0 aliphatic heterocycles. The highest BCUT2D eigenvalue weighted by molar-refractivity contribution is 6.40. The van der Waals surface area contributed by atoms with Crippen LogP contribution in [0.1, 0.15) is 20.7 Å². The third-order valence-corrected chi connectivity index (χ3v) is 5.37. The Morgan fingerprint density at radius 3 is 2.18 bits per heavy atom. The molecule has 33 heavy (non-hydrogen) atoms. The topological polar surface area (TPSA) is 130 Å². The Hall–Kier alpha value is -3.40. The van der Waals surface area contributed by atoms with Crippen molar-refractivity contribution in [2.75, 3.05) is 5.32 Å². The summed E-state index contributed by atoms with van der Waals surface area (Å²) in [4.78, 5) is 52.6. The number of carbonyl (C=O) groups excluding carboxylic acids is 2. The molecule has 0 unspecified atom stereocenters. The number of amides is 2. The van der Waals surface area contributed by atoms with Crippen molar-refractivity contribution in [3.05, 3.63) is 91.4 Å². The number of aliphatic carboxylic acids is 1. The van der Waals surface area contributed by atoms with Gasteiger partial charge in [-0.2, -0.15) is 4.98 Å². The lowest BCUT2D eigenvalue weighted by atomic mass is 10.2. The van der Waals surface area contributed by atoms with Crippen molar-refractivity contribution in [2.24, 2.45) is 0 Å². The van der Waals surface area contributed by atoms with Crippen LogP contribution in [0.4, 0.5) is 5.82 Å². The average molecular weight is 510 g/mol. The molecule has 0 spiro atoms. The van der Waals surface area contributed by atoms with Crippen molar-refractivity contribution in [1.29, 1.82) is 0 Å². The smallest absolute Gasteiger partial charge is 0.349 e. The van der Waals surface area contributed by atoms with E-state index in [0.29, 0.717) is 0 Å². The van der Waals surface area contributed by atoms with E-state index in [1.807, 2.05) is 0 Å². The normalized spacial score (nSPS) is 11.5. The summed E-state index contributed by atoms with van der Waals surface area (Å²) in [5.41, 5.74) is -0.747. The van der Waals surface area contributed by atoms with Crippen molar-refractivity contribution in [2.45, 2.75) is 12.6 Å². The highest BCUT2D eigenvalue weighted by Crippen LogP contribution is 2.24. The minimum absolute atomic E-state index is 0.0139. The van der Waals surface area contributed by atoms with E-state index < -0.39 is 36.1 Å². The van der Waals surface area contributed by atoms with E-state index in [-0.39, 0.29) is 32.0 Å². The minimum atomic E-state index is -1.45. The van der Waals surface area contributed by atoms with Gasteiger partial charge in [0.25, 0.3) is 11.8 Å². The standard InChI is InChI=1S/C21H15Cl3N4O5/c22-12-5-2-1-4-11(12)18(29)25-15(20(31)32)10-28-9-8-16(27-21(28)33)26-19(30)17-13(23)6-3-7-14(17)24/h1-9,15H,10H2,(H,25,29)(H,31,32)(H,26,27,30,33)/t15-/m0/s1. The van der Waals surface area contributed by atoms with E-state index in [4.69, 9.17) is 34.8 Å². The monoisotopic (exact) mass is 508 g/mol. The van der Waals surface area contributed by atoms with Crippen LogP contribution in [0.25, 0.3) is 0 Å². The molecule has 2 amide bonds. The number of hydrogen-bond acceptors (Lipinski definition) is 5. The first-order valence-corrected chi connectivity index (χ1v) is 10.4. The Kier molecular flexibility index (Phi) is 7.70. The number of halogens is 3. The van der Waals surface area contributed by atoms with E-state index >= 15 is 0 Å². The number of aromatic nitrogens is 2. The summed E-state index contributed by atoms with van der Waals surface area (Å²) in [5, 5.41) is 14.6. The maximum Gasteiger partial charge on any atom is 0.349 e. The predicted octanol–water partition coefficient (Wildman–Crippen LogP) is 3.34. The molecular weight excluding hydrogens is 495 g/mol. The van der Waals surface area contributed by atoms with Gasteiger partial charge in [-0.3, -0.25) is 14.2 Å². The summed E-state index contributed by atoms with van der Waals surface area (Å²) in [6.07, 6.45) is 1.23. The van der Waals surface area contributed by atoms with Crippen LogP contribution < -0.4 is 16.3 Å². The number of carbonyl (C=O) groups is 3. The van der Waals surface area contributed by atoms with E-state index in [1.165, 1.54) is 36.5 Å². The van der Waals surface area contributed by atoms with Gasteiger partial charge in [-0.15, -0.1) is 0 Å². The zero-order chi connectivity index (χ0) is 24.1. The summed E-state index contributed by atoms with van der Waals surface area (Å²) in [6.45, 7) is -0.415. The second-order valence-corrected chi connectivity index (χ2v) is 7.86. The molecule has 12 heteroatoms. The summed E-state index contributed by atoms with van der Waals surface area (Å²) in [7, 11) is 0. The van der Waals surface area contributed by atoms with Gasteiger partial charge in [0.1, 0.15) is 11.9 Å². The molecule has 0 aliphatic rings. The molecule has 3 rings (SSSR count). The summed E-state index contributed by atoms with van der Waals surface area (Å²) in [6, 6.07) is 10.5. The molecule has 0 bridgehead atoms. The molecule has 1 heterocycles. The molecule has 2 aromatic carbocycles. The lowest BCUT2D eigenvalue weighted by Crippen LogP contribution is -2.45. The van der Waals surface area contributed by atoms with Gasteiger partial charge in [0.05, 0.1) is 32.7 Å². The Morgan fingerprint density at radius 2 is 1.58 bits per heavy atom. The number of anilines is 1. The third kappa shape index (κ3) is 5.89. The number of carboxylic acids is 1. The summed E-state index contributed by atoms with van der Waals surface area (Å²) in [5.74, 6) is -2.85. The fourth-order valence-corrected chi connectivity index (χ4v) is 3.59. The van der Waals surface area contributed by atoms with Crippen LogP contribution in [-0.2, 0) is 11.3 Å². The Balaban J connectivity index is 1.75. The molecule has 0 saturated carbocycles. The molecule has 1 atom stereocenters. The molecule has 170 valence electrons. The fourth-order valence-electron chi connectivity index (χ4n) is 2.79. The molecule has 1 aromatic heterocycles. The quantitative estimate of drug-likeness (QED) is 0.448. The van der Waals surface area contributed by atoms with Gasteiger partial charge in [-0.1, -0.05) is 53.0 Å². The fraction of sp³-hybridized carbons (Fsp3) is 0.0952. The first-order valence-electron chi connectivity index (χ1n) is 9.28. The van der Waals surface area contributed by atoms with Crippen molar-refractivity contribution >= 4 is 58.4 Å². The van der Waals surface area contributed by atoms with E-state index in [9.17, 15) is 24.3 Å². The number of rotatable bonds is 7. The van der Waals surface area contributed by atoms with Crippen LogP contribution in [0.2, 0.25) is 15.1 Å². The first-order chi connectivity index (χ1) is 15.7. The number of hydrogen-bond donors (Lipinski definition) is 3. The van der Waals surface area contributed by atoms with E-state index in [1.54, 1.807) is 18.2 Å². The Morgan fingerprint density at radius 1 is 0.939 bits per heavy atom. The van der Waals surface area contributed by atoms with Crippen LogP contribution in [0.15, 0.2) is 59.5 Å². The maximum atomic E-state index is 12.4. The molecule has 3 N–H and O–H groups in total. The second-order valence-electron chi connectivity index (χ2n) is 6.64. The maximum absolute atomic E-state index is 12.4. The van der Waals surface area contributed by atoms with Gasteiger partial charge < -0.3 is 15.7 Å². The van der Waals surface area contributed by atoms with Gasteiger partial charge in [0, 0.05) is 6.20 Å². The second kappa shape index (κ2) is 10.5. The number of benzene rings is 2. The highest BCUT2D eigenvalue weighted by atomic mass is 35.5. The van der Waals surface area contributed by atoms with Crippen LogP contribution in [0.3, 0.4) is 0 Å². The highest BCUT2D eigenvalue weighted by Gasteiger charge is 2.23. The van der Waals surface area contributed by atoms with Gasteiger partial charge in [0.2, 0.25) is 0 Å². The SMILES string of the molecule is O=C(N[C@@H](Cn1ccc(NC(=O)c2c(Cl)cccc2Cl)nc1=O)C(=O)O)c1ccccc1Cl. The number of nitrogens with zero attached hydrogens (tertiary/aromatic N) is 2. The number of carboxylic acid groups (broad SMARTS) is 1. The van der Waals surface area contributed by atoms with Gasteiger partial charge in [-0.25, -0.2) is 9.59 Å². The van der Waals surface area contributed by atoms with Crippen molar-refractivity contribution < 1.29 is 19.5 Å². The van der Waals surface area contributed by atoms with Gasteiger partial charge in [-0.05, 0) is 30.3 Å². The summed E-state index contributed by atoms with van der Waals surface area (Å²) < 4.78 is 0.976. The first kappa shape index (κ1) is 24.2. The average Bonchev–Trinajstić information content (AvgIpc) is 2.75. The zero-order valence-electron chi connectivity index (χ0n) is 16.6. The lowest BCUT2D eigenvalue weighted by molar-refractivity contribution is -0.139. The molecular formula is C21H15Cl3N4O5. The van der Waals surface area contributed by atoms with Crippen molar-refractivity contribution in [1.82, 2.24) is 14.9 Å². The van der Waals surface area contributed by atoms with Crippen LogP contribution in [-0.4, -0.2) is 38.5 Å². The summed E-state index contributed by atoms with van der Waals surface area (Å²) >= 11 is 18.0. The van der Waals surface area contributed by atoms with Crippen LogP contribution in [0.5, 0.6) is 0 Å². The van der Waals surface area contributed by atoms with E-state index in [2.05, 4.69) is 15.6 Å². The number of nitrogens with one attached hydrogen (secondary N) is 2. The molecule has 0 aliphatic carbocycles. The molecule has 0 fully saturated rings. The molecule has 0 radical (unpaired) electrons. The largest absolute Gasteiger partial charge is 0.480 e. The predicted molar refractivity (Wildman–Crippen MR) is 123 cm³/mol. The molecule has 9 nitrogen and oxygen atoms in total. The van der Waals surface area contributed by atoms with E-state index in [0.717, 1.165) is 4.57 Å².